The fourth-order valence-corrected chi connectivity index (χ4v) is 3.96. The van der Waals surface area contributed by atoms with Crippen molar-refractivity contribution in [2.45, 2.75) is 31.7 Å². The molecule has 0 spiro atoms. The molecular weight excluding hydrogens is 533 g/mol. The number of carbonyl (C=O) groups is 1. The summed E-state index contributed by atoms with van der Waals surface area (Å²) >= 11 is 0. The van der Waals surface area contributed by atoms with Crippen molar-refractivity contribution in [2.24, 2.45) is 0 Å². The molecule has 0 unspecified atom stereocenters. The summed E-state index contributed by atoms with van der Waals surface area (Å²) in [6, 6.07) is 12.2. The Morgan fingerprint density at radius 1 is 0.846 bits per heavy atom. The van der Waals surface area contributed by atoms with Gasteiger partial charge in [0.25, 0.3) is 11.5 Å². The van der Waals surface area contributed by atoms with Gasteiger partial charge in [-0.05, 0) is 23.3 Å². The van der Waals surface area contributed by atoms with E-state index in [0.29, 0.717) is 23.6 Å². The summed E-state index contributed by atoms with van der Waals surface area (Å²) in [5.41, 5.74) is -3.44. The van der Waals surface area contributed by atoms with Gasteiger partial charge in [-0.15, -0.1) is 0 Å². The lowest BCUT2D eigenvalue weighted by molar-refractivity contribution is -0.140. The molecule has 4 aromatic rings. The summed E-state index contributed by atoms with van der Waals surface area (Å²) in [5, 5.41) is 7.70. The molecule has 0 radical (unpaired) electrons. The molecule has 39 heavy (non-hydrogen) atoms. The number of alkyl halides is 6. The van der Waals surface area contributed by atoms with Crippen molar-refractivity contribution in [3.63, 3.8) is 0 Å². The number of halogens is 7. The number of H-pyrrole nitrogens is 2. The number of carbonyl (C=O) groups excluding carboxylic acids is 1. The van der Waals surface area contributed by atoms with Crippen molar-refractivity contribution in [1.82, 2.24) is 20.5 Å². The van der Waals surface area contributed by atoms with Crippen LogP contribution in [0.25, 0.3) is 0 Å². The summed E-state index contributed by atoms with van der Waals surface area (Å²) in [4.78, 5) is 26.9. The Morgan fingerprint density at radius 3 is 2.10 bits per heavy atom. The smallest absolute Gasteiger partial charge is 0.346 e. The monoisotopic (exact) mass is 552 g/mol. The normalized spacial score (nSPS) is 12.0. The van der Waals surface area contributed by atoms with E-state index in [9.17, 15) is 40.3 Å². The molecule has 0 saturated heterocycles. The third-order valence-electron chi connectivity index (χ3n) is 5.86. The van der Waals surface area contributed by atoms with Gasteiger partial charge in [0, 0.05) is 36.7 Å². The zero-order valence-electron chi connectivity index (χ0n) is 19.8. The minimum absolute atomic E-state index is 0.254. The Hall–Kier alpha value is -4.42. The van der Waals surface area contributed by atoms with Crippen LogP contribution in [0.15, 0.2) is 65.6 Å². The first-order valence-corrected chi connectivity index (χ1v) is 11.4. The average molecular weight is 552 g/mol. The van der Waals surface area contributed by atoms with E-state index in [0.717, 1.165) is 17.7 Å². The Labute approximate surface area is 215 Å². The summed E-state index contributed by atoms with van der Waals surface area (Å²) in [7, 11) is 0. The lowest BCUT2D eigenvalue weighted by Crippen LogP contribution is -2.27. The maximum Gasteiger partial charge on any atom is 0.420 e. The van der Waals surface area contributed by atoms with Crippen LogP contribution in [0.4, 0.5) is 30.7 Å². The molecule has 13 heteroatoms. The van der Waals surface area contributed by atoms with Gasteiger partial charge in [0.1, 0.15) is 11.4 Å². The van der Waals surface area contributed by atoms with Crippen LogP contribution < -0.4 is 10.9 Å². The minimum atomic E-state index is -5.00. The number of rotatable bonds is 7. The van der Waals surface area contributed by atoms with Crippen LogP contribution >= 0.6 is 0 Å². The van der Waals surface area contributed by atoms with Gasteiger partial charge >= 0.3 is 12.4 Å². The third kappa shape index (κ3) is 6.36. The first-order chi connectivity index (χ1) is 18.3. The second-order valence-electron chi connectivity index (χ2n) is 8.58. The number of benzene rings is 2. The molecule has 3 N–H and O–H groups in total. The Kier molecular flexibility index (Phi) is 7.61. The van der Waals surface area contributed by atoms with Crippen LogP contribution in [0.2, 0.25) is 0 Å². The first-order valence-electron chi connectivity index (χ1n) is 11.4. The molecular formula is C26H19F7N4O2. The van der Waals surface area contributed by atoms with E-state index >= 15 is 0 Å². The van der Waals surface area contributed by atoms with E-state index in [4.69, 9.17) is 0 Å². The van der Waals surface area contributed by atoms with E-state index in [-0.39, 0.29) is 12.0 Å². The third-order valence-corrected chi connectivity index (χ3v) is 5.86. The molecule has 4 rings (SSSR count). The zero-order chi connectivity index (χ0) is 28.4. The molecule has 204 valence electrons. The molecule has 0 atom stereocenters. The first kappa shape index (κ1) is 27.6. The topological polar surface area (TPSA) is 90.6 Å². The van der Waals surface area contributed by atoms with E-state index in [1.165, 1.54) is 6.20 Å². The predicted octanol–water partition coefficient (Wildman–Crippen LogP) is 5.39. The molecule has 0 fully saturated rings. The molecule has 1 amide bonds. The SMILES string of the molecule is O=C(NCc1cccc(C(F)(F)F)c1F)c1n[nH]c(Cc2ccc(Cc3ccc[nH]c3=O)cc2)c1C(F)(F)F. The summed E-state index contributed by atoms with van der Waals surface area (Å²) in [5.74, 6) is -2.98. The molecule has 0 aliphatic rings. The Balaban J connectivity index is 1.51. The summed E-state index contributed by atoms with van der Waals surface area (Å²) in [6.07, 6.45) is -8.45. The second-order valence-corrected chi connectivity index (χ2v) is 8.58. The van der Waals surface area contributed by atoms with Gasteiger partial charge in [0.15, 0.2) is 5.69 Å². The van der Waals surface area contributed by atoms with Gasteiger partial charge in [-0.3, -0.25) is 14.7 Å². The van der Waals surface area contributed by atoms with Crippen LogP contribution in [-0.4, -0.2) is 21.1 Å². The van der Waals surface area contributed by atoms with Gasteiger partial charge in [-0.25, -0.2) is 4.39 Å². The number of hydrogen-bond donors (Lipinski definition) is 3. The van der Waals surface area contributed by atoms with Gasteiger partial charge in [0.2, 0.25) is 0 Å². The fourth-order valence-electron chi connectivity index (χ4n) is 3.96. The molecule has 0 aliphatic heterocycles. The number of pyridine rings is 1. The van der Waals surface area contributed by atoms with Crippen molar-refractivity contribution in [2.75, 3.05) is 0 Å². The average Bonchev–Trinajstić information content (AvgIpc) is 3.29. The highest BCUT2D eigenvalue weighted by molar-refractivity contribution is 5.94. The molecule has 0 aliphatic carbocycles. The molecule has 0 bridgehead atoms. The van der Waals surface area contributed by atoms with Gasteiger partial charge in [0.05, 0.1) is 11.3 Å². The van der Waals surface area contributed by atoms with E-state index in [2.05, 4.69) is 15.2 Å². The van der Waals surface area contributed by atoms with Crippen LogP contribution in [0.3, 0.4) is 0 Å². The lowest BCUT2D eigenvalue weighted by Gasteiger charge is -2.13. The molecule has 2 heterocycles. The summed E-state index contributed by atoms with van der Waals surface area (Å²) < 4.78 is 94.7. The standard InChI is InChI=1S/C26H19F7N4O2/c27-21-17(3-1-5-18(21)25(28,29)30)13-35-24(39)22-20(26(31,32)33)19(36-37-22)12-15-8-6-14(7-9-15)11-16-4-2-10-34-23(16)38/h1-10H,11-13H2,(H,34,38)(H,35,39)(H,36,37). The predicted molar refractivity (Wildman–Crippen MR) is 125 cm³/mol. The van der Waals surface area contributed by atoms with Crippen LogP contribution in [0.5, 0.6) is 0 Å². The highest BCUT2D eigenvalue weighted by Gasteiger charge is 2.41. The molecule has 0 saturated carbocycles. The molecule has 2 aromatic carbocycles. The number of nitrogens with zero attached hydrogens (tertiary/aromatic N) is 1. The largest absolute Gasteiger partial charge is 0.420 e. The number of aromatic nitrogens is 3. The van der Waals surface area contributed by atoms with Crippen molar-refractivity contribution in [3.8, 4) is 0 Å². The van der Waals surface area contributed by atoms with Crippen LogP contribution in [0.1, 0.15) is 49.6 Å². The maximum absolute atomic E-state index is 14.2. The van der Waals surface area contributed by atoms with Crippen molar-refractivity contribution in [1.29, 1.82) is 0 Å². The number of aromatic amines is 2. The summed E-state index contributed by atoms with van der Waals surface area (Å²) in [6.45, 7) is -0.792. The van der Waals surface area contributed by atoms with E-state index < -0.39 is 58.7 Å². The number of hydrogen-bond acceptors (Lipinski definition) is 3. The number of nitrogens with one attached hydrogen (secondary N) is 3. The van der Waals surface area contributed by atoms with E-state index in [1.54, 1.807) is 36.4 Å². The highest BCUT2D eigenvalue weighted by Crippen LogP contribution is 2.35. The highest BCUT2D eigenvalue weighted by atomic mass is 19.4. The van der Waals surface area contributed by atoms with Gasteiger partial charge < -0.3 is 10.3 Å². The quantitative estimate of drug-likeness (QED) is 0.269. The lowest BCUT2D eigenvalue weighted by atomic mass is 10.0. The minimum Gasteiger partial charge on any atom is -0.346 e. The molecule has 2 aromatic heterocycles. The van der Waals surface area contributed by atoms with Gasteiger partial charge in [-0.2, -0.15) is 31.4 Å². The fraction of sp³-hybridized carbons (Fsp3) is 0.192. The van der Waals surface area contributed by atoms with Crippen molar-refractivity contribution in [3.05, 3.63) is 122 Å². The van der Waals surface area contributed by atoms with Crippen molar-refractivity contribution < 1.29 is 35.5 Å². The number of amides is 1. The molecule has 6 nitrogen and oxygen atoms in total. The van der Waals surface area contributed by atoms with Crippen LogP contribution in [0, 0.1) is 5.82 Å². The Morgan fingerprint density at radius 2 is 1.49 bits per heavy atom. The Bertz CT molecular complexity index is 1540. The zero-order valence-corrected chi connectivity index (χ0v) is 19.8. The van der Waals surface area contributed by atoms with E-state index in [1.807, 2.05) is 5.32 Å². The van der Waals surface area contributed by atoms with Gasteiger partial charge in [-0.1, -0.05) is 42.5 Å². The second kappa shape index (κ2) is 10.8. The van der Waals surface area contributed by atoms with Crippen LogP contribution in [-0.2, 0) is 31.7 Å². The maximum atomic E-state index is 14.2. The van der Waals surface area contributed by atoms with Crippen molar-refractivity contribution >= 4 is 5.91 Å².